The number of fused-ring (bicyclic) bond motifs is 6. The number of allylic oxidation sites excluding steroid dienone is 2. The molecule has 0 bridgehead atoms. The second kappa shape index (κ2) is 13.4. The van der Waals surface area contributed by atoms with E-state index in [-0.39, 0.29) is 0 Å². The normalized spacial score (nSPS) is 11.7. The van der Waals surface area contributed by atoms with E-state index in [0.717, 1.165) is 27.7 Å². The quantitative estimate of drug-likeness (QED) is 0.0956. The lowest BCUT2D eigenvalue weighted by Crippen LogP contribution is -1.93. The van der Waals surface area contributed by atoms with E-state index in [2.05, 4.69) is 196 Å². The summed E-state index contributed by atoms with van der Waals surface area (Å²) < 4.78 is 0. The van der Waals surface area contributed by atoms with Gasteiger partial charge in [0.05, 0.1) is 11.2 Å². The molecule has 0 fully saturated rings. The maximum Gasteiger partial charge on any atom is 0.0787 e. The first kappa shape index (κ1) is 32.6. The third kappa shape index (κ3) is 5.69. The van der Waals surface area contributed by atoms with Crippen LogP contribution in [0, 0.1) is 6.92 Å². The smallest absolute Gasteiger partial charge is 0.0787 e. The van der Waals surface area contributed by atoms with Crippen LogP contribution in [0.3, 0.4) is 0 Å². The lowest BCUT2D eigenvalue weighted by Gasteiger charge is -2.19. The minimum absolute atomic E-state index is 0.970. The number of hydrogen-bond acceptors (Lipinski definition) is 1. The van der Waals surface area contributed by atoms with Crippen molar-refractivity contribution in [2.24, 2.45) is 0 Å². The van der Waals surface area contributed by atoms with Crippen LogP contribution < -0.4 is 0 Å². The molecule has 0 atom stereocenters. The van der Waals surface area contributed by atoms with E-state index in [1.54, 1.807) is 0 Å². The maximum atomic E-state index is 5.24. The van der Waals surface area contributed by atoms with Crippen molar-refractivity contribution in [3.05, 3.63) is 206 Å². The van der Waals surface area contributed by atoms with Gasteiger partial charge in [0.1, 0.15) is 0 Å². The average Bonchev–Trinajstić information content (AvgIpc) is 3.24. The predicted molar refractivity (Wildman–Crippen MR) is 237 cm³/mol. The summed E-state index contributed by atoms with van der Waals surface area (Å²) in [5.41, 5.74) is 12.8. The minimum Gasteiger partial charge on any atom is -0.247 e. The number of pyridine rings is 1. The van der Waals surface area contributed by atoms with E-state index in [0.29, 0.717) is 0 Å². The summed E-state index contributed by atoms with van der Waals surface area (Å²) in [6.45, 7) is 6.08. The molecule has 0 aliphatic heterocycles. The van der Waals surface area contributed by atoms with Gasteiger partial charge in [-0.25, -0.2) is 4.98 Å². The zero-order valence-corrected chi connectivity index (χ0v) is 30.6. The second-order valence-corrected chi connectivity index (χ2v) is 14.4. The highest BCUT2D eigenvalue weighted by atomic mass is 14.7. The fraction of sp³-hybridized carbons (Fsp3) is 0.0185. The minimum atomic E-state index is 0.970. The van der Waals surface area contributed by atoms with Gasteiger partial charge in [-0.15, -0.1) is 0 Å². The molecule has 0 unspecified atom stereocenters. The molecule has 9 aromatic carbocycles. The second-order valence-electron chi connectivity index (χ2n) is 14.4. The van der Waals surface area contributed by atoms with Gasteiger partial charge in [-0.1, -0.05) is 170 Å². The maximum absolute atomic E-state index is 5.24. The highest BCUT2D eigenvalue weighted by Gasteiger charge is 2.19. The van der Waals surface area contributed by atoms with Gasteiger partial charge in [0, 0.05) is 16.3 Å². The van der Waals surface area contributed by atoms with Gasteiger partial charge in [0.2, 0.25) is 0 Å². The SMILES string of the molecule is C=C/C=C\c1cc(-c2c3ccccc3c(-c3ccc4ccccc4c3)c3cc(-c4cccc(-c5ccc6ccc7ccccc7c6n5)c4)ccc23)ccc1C. The molecule has 0 aliphatic rings. The Morgan fingerprint density at radius 2 is 1.02 bits per heavy atom. The van der Waals surface area contributed by atoms with Crippen LogP contribution in [0.25, 0.3) is 105 Å². The van der Waals surface area contributed by atoms with Gasteiger partial charge in [-0.3, -0.25) is 0 Å². The van der Waals surface area contributed by atoms with Crippen LogP contribution in [-0.2, 0) is 0 Å². The molecule has 55 heavy (non-hydrogen) atoms. The predicted octanol–water partition coefficient (Wildman–Crippen LogP) is 15.0. The Bertz CT molecular complexity index is 3180. The molecule has 0 saturated carbocycles. The van der Waals surface area contributed by atoms with E-state index in [1.165, 1.54) is 82.0 Å². The van der Waals surface area contributed by atoms with Crippen LogP contribution in [0.4, 0.5) is 0 Å². The van der Waals surface area contributed by atoms with Crippen molar-refractivity contribution in [3.8, 4) is 44.6 Å². The molecule has 0 amide bonds. The molecule has 0 radical (unpaired) electrons. The molecule has 258 valence electrons. The number of aryl methyl sites for hydroxylation is 1. The number of rotatable bonds is 6. The summed E-state index contributed by atoms with van der Waals surface area (Å²) in [6.07, 6.45) is 6.00. The van der Waals surface area contributed by atoms with Gasteiger partial charge in [-0.2, -0.15) is 0 Å². The van der Waals surface area contributed by atoms with Crippen LogP contribution in [-0.4, -0.2) is 4.98 Å². The molecular weight excluding hydrogens is 663 g/mol. The Morgan fingerprint density at radius 3 is 1.85 bits per heavy atom. The summed E-state index contributed by atoms with van der Waals surface area (Å²) in [4.78, 5) is 5.24. The van der Waals surface area contributed by atoms with Crippen molar-refractivity contribution >= 4 is 60.1 Å². The standard InChI is InChI=1S/C54H37N/c1-3-4-12-39-31-44(22-21-35(39)2)52-47-19-9-10-20-48(47)53(45-26-23-36-13-5-6-15-40(36)33-45)50-34-42(27-29-49(50)52)41-16-11-17-43(32-41)51-30-28-38-25-24-37-14-7-8-18-46(37)54(38)55-51/h3-34H,1H2,2H3/b12-4-. The monoisotopic (exact) mass is 699 g/mol. The van der Waals surface area contributed by atoms with E-state index in [1.807, 2.05) is 12.2 Å². The molecule has 1 heterocycles. The van der Waals surface area contributed by atoms with Crippen LogP contribution in [0.15, 0.2) is 195 Å². The van der Waals surface area contributed by atoms with Crippen molar-refractivity contribution in [2.75, 3.05) is 0 Å². The summed E-state index contributed by atoms with van der Waals surface area (Å²) >= 11 is 0. The zero-order chi connectivity index (χ0) is 36.9. The molecule has 10 aromatic rings. The number of hydrogen-bond donors (Lipinski definition) is 0. The first-order valence-corrected chi connectivity index (χ1v) is 18.9. The Balaban J connectivity index is 1.21. The molecule has 1 nitrogen and oxygen atoms in total. The van der Waals surface area contributed by atoms with Crippen molar-refractivity contribution in [1.29, 1.82) is 0 Å². The summed E-state index contributed by atoms with van der Waals surface area (Å²) in [5, 5.41) is 10.9. The van der Waals surface area contributed by atoms with Gasteiger partial charge < -0.3 is 0 Å². The van der Waals surface area contributed by atoms with Gasteiger partial charge in [0.25, 0.3) is 0 Å². The summed E-state index contributed by atoms with van der Waals surface area (Å²) in [7, 11) is 0. The molecule has 10 rings (SSSR count). The Kier molecular flexibility index (Phi) is 7.93. The van der Waals surface area contributed by atoms with Gasteiger partial charge >= 0.3 is 0 Å². The fourth-order valence-corrected chi connectivity index (χ4v) is 8.35. The van der Waals surface area contributed by atoms with Crippen molar-refractivity contribution in [1.82, 2.24) is 4.98 Å². The zero-order valence-electron chi connectivity index (χ0n) is 30.6. The molecule has 0 saturated heterocycles. The lowest BCUT2D eigenvalue weighted by molar-refractivity contribution is 1.41. The molecule has 0 aliphatic carbocycles. The van der Waals surface area contributed by atoms with E-state index in [9.17, 15) is 0 Å². The van der Waals surface area contributed by atoms with Crippen molar-refractivity contribution < 1.29 is 0 Å². The Morgan fingerprint density at radius 1 is 0.418 bits per heavy atom. The third-order valence-electron chi connectivity index (χ3n) is 11.1. The highest BCUT2D eigenvalue weighted by molar-refractivity contribution is 6.22. The summed E-state index contributed by atoms with van der Waals surface area (Å²) in [6, 6.07) is 64.3. The van der Waals surface area contributed by atoms with Crippen LogP contribution in [0.2, 0.25) is 0 Å². The van der Waals surface area contributed by atoms with Crippen LogP contribution in [0.5, 0.6) is 0 Å². The highest BCUT2D eigenvalue weighted by Crippen LogP contribution is 2.46. The largest absolute Gasteiger partial charge is 0.247 e. The lowest BCUT2D eigenvalue weighted by atomic mass is 9.84. The number of nitrogens with zero attached hydrogens (tertiary/aromatic N) is 1. The Labute approximate surface area is 321 Å². The summed E-state index contributed by atoms with van der Waals surface area (Å²) in [5.74, 6) is 0. The van der Waals surface area contributed by atoms with Gasteiger partial charge in [-0.05, 0) is 119 Å². The molecule has 0 N–H and O–H groups in total. The first-order valence-electron chi connectivity index (χ1n) is 18.9. The first-order chi connectivity index (χ1) is 27.1. The van der Waals surface area contributed by atoms with Crippen LogP contribution >= 0.6 is 0 Å². The molecule has 1 heteroatoms. The van der Waals surface area contributed by atoms with Crippen molar-refractivity contribution in [2.45, 2.75) is 6.92 Å². The van der Waals surface area contributed by atoms with E-state index in [4.69, 9.17) is 4.98 Å². The Hall–Kier alpha value is -7.09. The molecule has 0 spiro atoms. The van der Waals surface area contributed by atoms with E-state index < -0.39 is 0 Å². The molecular formula is C54H37N. The molecule has 1 aromatic heterocycles. The topological polar surface area (TPSA) is 12.9 Å². The third-order valence-corrected chi connectivity index (χ3v) is 11.1. The van der Waals surface area contributed by atoms with E-state index >= 15 is 0 Å². The van der Waals surface area contributed by atoms with Crippen molar-refractivity contribution in [3.63, 3.8) is 0 Å². The number of benzene rings is 9. The van der Waals surface area contributed by atoms with Gasteiger partial charge in [0.15, 0.2) is 0 Å². The average molecular weight is 700 g/mol. The van der Waals surface area contributed by atoms with Crippen LogP contribution in [0.1, 0.15) is 11.1 Å². The number of aromatic nitrogens is 1. The fourth-order valence-electron chi connectivity index (χ4n) is 8.35.